The van der Waals surface area contributed by atoms with Crippen LogP contribution in [0.2, 0.25) is 0 Å². The number of ketones is 1. The number of nitrogens with two attached hydrogens (primary N) is 3. The van der Waals surface area contributed by atoms with Gasteiger partial charge in [0.25, 0.3) is 5.91 Å². The maximum absolute atomic E-state index is 14.6. The number of H-pyrrole nitrogens is 1. The number of benzene rings is 2. The van der Waals surface area contributed by atoms with Crippen LogP contribution in [0.3, 0.4) is 0 Å². The lowest BCUT2D eigenvalue weighted by molar-refractivity contribution is -0.140. The fraction of sp³-hybridized carbons (Fsp3) is 0.575. The highest BCUT2D eigenvalue weighted by atomic mass is 16.4. The number of hydrogen-bond donors (Lipinski definition) is 21. The average Bonchev–Trinajstić information content (AvgIpc) is 1.73. The van der Waals surface area contributed by atoms with Gasteiger partial charge < -0.3 is 112 Å². The number of rotatable bonds is 51. The summed E-state index contributed by atoms with van der Waals surface area (Å²) in [5.41, 5.74) is 18.0. The lowest BCUT2D eigenvalue weighted by Gasteiger charge is -2.32. The number of aliphatic carboxylic acids is 3. The van der Waals surface area contributed by atoms with Crippen LogP contribution in [-0.2, 0) is 97.5 Å². The summed E-state index contributed by atoms with van der Waals surface area (Å²) in [6, 6.07) is -0.0351. The summed E-state index contributed by atoms with van der Waals surface area (Å²) in [6.07, 6.45) is -0.165. The van der Waals surface area contributed by atoms with Crippen LogP contribution in [0.1, 0.15) is 128 Å². The molecule has 3 aromatic rings. The van der Waals surface area contributed by atoms with Crippen molar-refractivity contribution in [2.75, 3.05) is 117 Å². The van der Waals surface area contributed by atoms with Gasteiger partial charge in [-0.3, -0.25) is 115 Å². The number of unbranched alkanes of at least 4 members (excludes halogenated alkanes) is 1. The quantitative estimate of drug-likeness (QED) is 0.0234. The third kappa shape index (κ3) is 38.8. The minimum atomic E-state index is -1.88. The highest BCUT2D eigenvalue weighted by molar-refractivity contribution is 6.01. The third-order valence-corrected chi connectivity index (χ3v) is 20.2. The van der Waals surface area contributed by atoms with Gasteiger partial charge in [-0.2, -0.15) is 0 Å². The van der Waals surface area contributed by atoms with Gasteiger partial charge in [0.05, 0.1) is 58.3 Å². The number of para-hydroxylation sites is 1. The van der Waals surface area contributed by atoms with Crippen molar-refractivity contribution in [2.45, 2.75) is 173 Å². The Bertz CT molecular complexity index is 4260. The number of anilines is 1. The first-order valence-electron chi connectivity index (χ1n) is 41.2. The van der Waals surface area contributed by atoms with Gasteiger partial charge in [-0.15, -0.1) is 0 Å². The SMILES string of the molecule is CC(=O)CNC(=O)[C@@H](NC(=O)[C@H](C)NC(=O)[C@H](Cc1c[nH]c2ccccc12)NC(=O)[C@H](CCC(N)=O)NC(=O)[C@H](CC(N)=O)NC(=O)CNC(=O)[C@H](CC(C)C)NC(=O)[C@H](CCCCNC(=O)c1ccc(NC(=O)CNC(=O)CN2CCN(CC(=O)O)CCN(CC(=O)O)CCN(CC(=O)O)CC2)cc1)NC(=O)C(CCC(N)=O)NC(=O)[C@@H]1CCCN1)C(C)C. The number of amides is 16. The maximum Gasteiger partial charge on any atom is 0.317 e. The molecule has 24 N–H and O–H groups in total. The Morgan fingerprint density at radius 1 is 0.472 bits per heavy atom. The van der Waals surface area contributed by atoms with E-state index in [1.54, 1.807) is 77.8 Å². The fourth-order valence-electron chi connectivity index (χ4n) is 13.5. The maximum atomic E-state index is 14.6. The van der Waals surface area contributed by atoms with E-state index >= 15 is 0 Å². The molecule has 2 aliphatic heterocycles. The number of hydrogen-bond acceptors (Lipinski definition) is 25. The largest absolute Gasteiger partial charge is 0.480 e. The Kier molecular flexibility index (Phi) is 43.4. The van der Waals surface area contributed by atoms with Gasteiger partial charge in [0.15, 0.2) is 0 Å². The molecule has 0 radical (unpaired) electrons. The molecule has 125 heavy (non-hydrogen) atoms. The first-order chi connectivity index (χ1) is 59.1. The molecule has 45 nitrogen and oxygen atoms in total. The molecule has 2 aromatic carbocycles. The predicted octanol–water partition coefficient (Wildman–Crippen LogP) is -6.58. The lowest BCUT2D eigenvalue weighted by atomic mass is 10.0. The van der Waals surface area contributed by atoms with Gasteiger partial charge in [0.1, 0.15) is 54.1 Å². The summed E-state index contributed by atoms with van der Waals surface area (Å²) in [4.78, 5) is 273. The number of carboxylic acids is 3. The van der Waals surface area contributed by atoms with Crippen molar-refractivity contribution in [2.24, 2.45) is 29.0 Å². The molecule has 16 amide bonds. The normalized spacial score (nSPS) is 16.1. The molecule has 0 saturated carbocycles. The first kappa shape index (κ1) is 103. The number of nitrogens with one attached hydrogen (secondary N) is 15. The number of carbonyl (C=O) groups excluding carboxylic acids is 17. The lowest BCUT2D eigenvalue weighted by Crippen LogP contribution is -2.60. The van der Waals surface area contributed by atoms with Crippen molar-refractivity contribution < 1.29 is 111 Å². The number of carboxylic acid groups (broad SMARTS) is 3. The fourth-order valence-corrected chi connectivity index (χ4v) is 13.5. The minimum absolute atomic E-state index is 0.00105. The van der Waals surface area contributed by atoms with Crippen LogP contribution < -0.4 is 91.6 Å². The molecule has 45 heteroatoms. The summed E-state index contributed by atoms with van der Waals surface area (Å²) >= 11 is 0. The minimum Gasteiger partial charge on any atom is -0.480 e. The van der Waals surface area contributed by atoms with Crippen LogP contribution in [0.15, 0.2) is 54.7 Å². The Morgan fingerprint density at radius 3 is 1.48 bits per heavy atom. The number of nitrogens with zero attached hydrogens (tertiary/aromatic N) is 4. The van der Waals surface area contributed by atoms with E-state index in [0.717, 1.165) is 0 Å². The molecule has 2 aliphatic rings. The number of primary amides is 3. The Balaban J connectivity index is 1.25. The molecular weight excluding hydrogens is 1640 g/mol. The van der Waals surface area contributed by atoms with Crippen molar-refractivity contribution >= 4 is 135 Å². The summed E-state index contributed by atoms with van der Waals surface area (Å²) in [6.45, 7) is 8.06. The third-order valence-electron chi connectivity index (χ3n) is 20.2. The summed E-state index contributed by atoms with van der Waals surface area (Å²) in [5.74, 6) is -18.4. The summed E-state index contributed by atoms with van der Waals surface area (Å²) < 4.78 is 0. The molecule has 0 spiro atoms. The van der Waals surface area contributed by atoms with Gasteiger partial charge in [-0.1, -0.05) is 45.9 Å². The van der Waals surface area contributed by atoms with Crippen molar-refractivity contribution in [3.05, 3.63) is 65.9 Å². The van der Waals surface area contributed by atoms with Gasteiger partial charge in [0.2, 0.25) is 88.6 Å². The molecule has 1 unspecified atom stereocenters. The Hall–Kier alpha value is -12.6. The second-order valence-corrected chi connectivity index (χ2v) is 31.5. The number of carbonyl (C=O) groups is 20. The second-order valence-electron chi connectivity index (χ2n) is 31.5. The molecular formula is C80H120N22O23. The van der Waals surface area contributed by atoms with Crippen LogP contribution >= 0.6 is 0 Å². The predicted molar refractivity (Wildman–Crippen MR) is 449 cm³/mol. The van der Waals surface area contributed by atoms with Crippen molar-refractivity contribution in [1.82, 2.24) is 93.7 Å². The van der Waals surface area contributed by atoms with E-state index in [1.165, 1.54) is 38.1 Å². The monoisotopic (exact) mass is 1760 g/mol. The zero-order chi connectivity index (χ0) is 92.6. The van der Waals surface area contributed by atoms with Crippen LogP contribution in [-0.4, -0.2) is 324 Å². The molecule has 5 rings (SSSR count). The topological polar surface area (TPSA) is 677 Å². The molecule has 2 saturated heterocycles. The Labute approximate surface area is 721 Å². The van der Waals surface area contributed by atoms with Crippen LogP contribution in [0.5, 0.6) is 0 Å². The molecule has 2 fully saturated rings. The number of Topliss-reactive ketones (excluding diaryl/α,β-unsaturated/α-hetero) is 1. The molecule has 1 aromatic heterocycles. The van der Waals surface area contributed by atoms with Gasteiger partial charge in [-0.05, 0) is 119 Å². The average molecular weight is 1760 g/mol. The van der Waals surface area contributed by atoms with Crippen molar-refractivity contribution in [3.8, 4) is 0 Å². The smallest absolute Gasteiger partial charge is 0.317 e. The van der Waals surface area contributed by atoms with E-state index in [0.29, 0.717) is 35.9 Å². The number of fused-ring (bicyclic) bond motifs is 1. The Morgan fingerprint density at radius 2 is 0.968 bits per heavy atom. The van der Waals surface area contributed by atoms with E-state index in [2.05, 4.69) is 79.4 Å². The first-order valence-corrected chi connectivity index (χ1v) is 41.2. The molecule has 688 valence electrons. The van der Waals surface area contributed by atoms with Crippen molar-refractivity contribution in [1.29, 1.82) is 0 Å². The van der Waals surface area contributed by atoms with Crippen molar-refractivity contribution in [3.63, 3.8) is 0 Å². The molecule has 9 atom stereocenters. The van der Waals surface area contributed by atoms with Gasteiger partial charge in [0, 0.05) is 107 Å². The van der Waals surface area contributed by atoms with Crippen LogP contribution in [0, 0.1) is 11.8 Å². The van der Waals surface area contributed by atoms with E-state index in [-0.39, 0.29) is 160 Å². The molecule has 3 heterocycles. The van der Waals surface area contributed by atoms with Crippen LogP contribution in [0.4, 0.5) is 5.69 Å². The summed E-state index contributed by atoms with van der Waals surface area (Å²) in [7, 11) is 0. The van der Waals surface area contributed by atoms with E-state index in [4.69, 9.17) is 17.2 Å². The van der Waals surface area contributed by atoms with Gasteiger partial charge >= 0.3 is 17.9 Å². The summed E-state index contributed by atoms with van der Waals surface area (Å²) in [5, 5.41) is 65.2. The zero-order valence-electron chi connectivity index (χ0n) is 71.1. The highest BCUT2D eigenvalue weighted by Crippen LogP contribution is 2.21. The number of aromatic amines is 1. The van der Waals surface area contributed by atoms with E-state index in [1.807, 2.05) is 0 Å². The standard InChI is InChI=1S/C80H120N22O23/c1-45(2)34-58(73(118)89-40-65(108)92-60(36-63(83)106)79(124)95-57(21-23-62(82)105)77(122)97-59(35-50-38-86-53-13-8-7-12-52(50)53)78(123)90-48(6)71(116)98-70(46(3)4)80(125)88-37-47(5)103)96-75(120)55(93-76(121)56(20-22-61(81)104)94-74(119)54-15-11-25-84-54)14-9-10-24-85-72(117)49-16-18-51(19-17-49)91-64(107)39-87-66(109)41-99-26-28-100(42-67(110)111)30-32-102(44-69(114)115)33-31-101(29-27-99)43-68(112)113/h7-8,12-13,16-19,38,45-46,48,54-60,70,84,86H,9-11,14-15,20-37,39-44H2,1-6H3,(H2,81,104)(H2,82,105)(H2,83,106)(H,85,117)(H,87,109)(H,88,125)(H,89,118)(H,90,123)(H,91,107)(H,92,108)(H,93,121)(H,94,119)(H,95,124)(H,96,120)(H,97,122)(H,98,116)(H,110,111)(H,112,113)(H,114,115)/t48-,54-,55-,56?,57-,58-,59-,60-,70-/m0/s1. The van der Waals surface area contributed by atoms with E-state index < -0.39 is 205 Å². The van der Waals surface area contributed by atoms with Gasteiger partial charge in [-0.25, -0.2) is 0 Å². The van der Waals surface area contributed by atoms with Crippen LogP contribution in [0.25, 0.3) is 10.9 Å². The molecule has 0 bridgehead atoms. The zero-order valence-corrected chi connectivity index (χ0v) is 71.1. The number of aromatic nitrogens is 1. The van der Waals surface area contributed by atoms with E-state index in [9.17, 15) is 111 Å². The molecule has 0 aliphatic carbocycles. The second kappa shape index (κ2) is 52.8. The highest BCUT2D eigenvalue weighted by Gasteiger charge is 2.37.